The largest absolute Gasteiger partial charge is 0.463 e. The zero-order valence-electron chi connectivity index (χ0n) is 11.5. The van der Waals surface area contributed by atoms with Crippen molar-refractivity contribution >= 4 is 33.8 Å². The molecule has 0 saturated carbocycles. The van der Waals surface area contributed by atoms with Crippen LogP contribution in [0, 0.1) is 0 Å². The van der Waals surface area contributed by atoms with E-state index in [1.165, 1.54) is 20.8 Å². The first-order chi connectivity index (χ1) is 9.29. The molecule has 1 fully saturated rings. The number of esters is 3. The van der Waals surface area contributed by atoms with E-state index >= 15 is 0 Å². The third-order valence-corrected chi connectivity index (χ3v) is 3.13. The summed E-state index contributed by atoms with van der Waals surface area (Å²) in [4.78, 5) is 33.2. The number of alkyl halides is 1. The Morgan fingerprint density at radius 1 is 1.10 bits per heavy atom. The molecule has 0 aromatic rings. The zero-order valence-corrected chi connectivity index (χ0v) is 13.0. The molecule has 0 aliphatic carbocycles. The Balaban J connectivity index is 2.82. The fourth-order valence-corrected chi connectivity index (χ4v) is 2.53. The van der Waals surface area contributed by atoms with Crippen molar-refractivity contribution in [2.75, 3.05) is 6.61 Å². The standard InChI is InChI=1S/C12H17BrO7/c1-6(14)17-5-10-12(19-8(3)16)9(18-7(2)15)4-11(13)20-10/h9-12H,4-5H2,1-3H3/t9-,10-,11?,12+/m1/s1. The Bertz CT molecular complexity index is 384. The molecule has 20 heavy (non-hydrogen) atoms. The van der Waals surface area contributed by atoms with Crippen molar-refractivity contribution < 1.29 is 33.3 Å². The van der Waals surface area contributed by atoms with E-state index in [1.807, 2.05) is 0 Å². The maximum Gasteiger partial charge on any atom is 0.303 e. The molecule has 1 saturated heterocycles. The molecular weight excluding hydrogens is 336 g/mol. The van der Waals surface area contributed by atoms with E-state index in [2.05, 4.69) is 15.9 Å². The fourth-order valence-electron chi connectivity index (χ4n) is 1.88. The molecule has 0 aromatic heterocycles. The quantitative estimate of drug-likeness (QED) is 0.422. The lowest BCUT2D eigenvalue weighted by atomic mass is 10.0. The first kappa shape index (κ1) is 16.9. The minimum atomic E-state index is -0.815. The normalized spacial score (nSPS) is 29.4. The van der Waals surface area contributed by atoms with Crippen LogP contribution in [-0.4, -0.2) is 47.8 Å². The Kier molecular flexibility index (Phi) is 6.41. The van der Waals surface area contributed by atoms with Gasteiger partial charge >= 0.3 is 17.9 Å². The predicted molar refractivity (Wildman–Crippen MR) is 69.9 cm³/mol. The van der Waals surface area contributed by atoms with Gasteiger partial charge in [0.1, 0.15) is 23.8 Å². The zero-order chi connectivity index (χ0) is 15.3. The van der Waals surface area contributed by atoms with Crippen molar-refractivity contribution in [3.05, 3.63) is 0 Å². The van der Waals surface area contributed by atoms with Gasteiger partial charge in [-0.25, -0.2) is 0 Å². The minimum absolute atomic E-state index is 0.0901. The molecule has 0 aromatic carbocycles. The molecule has 4 atom stereocenters. The molecule has 8 heteroatoms. The summed E-state index contributed by atoms with van der Waals surface area (Å²) in [6.07, 6.45) is -1.85. The van der Waals surface area contributed by atoms with Crippen molar-refractivity contribution in [3.63, 3.8) is 0 Å². The summed E-state index contributed by atoms with van der Waals surface area (Å²) in [7, 11) is 0. The molecular formula is C12H17BrO7. The van der Waals surface area contributed by atoms with Gasteiger partial charge in [-0.3, -0.25) is 14.4 Å². The SMILES string of the molecule is CC(=O)OC[C@H]1OC(Br)C[C@@H](OC(C)=O)[C@@H]1OC(C)=O. The summed E-state index contributed by atoms with van der Waals surface area (Å²) >= 11 is 3.27. The van der Waals surface area contributed by atoms with Crippen molar-refractivity contribution in [3.8, 4) is 0 Å². The average molecular weight is 353 g/mol. The van der Waals surface area contributed by atoms with Crippen LogP contribution in [0.25, 0.3) is 0 Å². The highest BCUT2D eigenvalue weighted by atomic mass is 79.9. The molecule has 0 radical (unpaired) electrons. The summed E-state index contributed by atoms with van der Waals surface area (Å²) in [5, 5.41) is -0.390. The van der Waals surface area contributed by atoms with Gasteiger partial charge in [0.15, 0.2) is 6.10 Å². The van der Waals surface area contributed by atoms with Gasteiger partial charge in [-0.2, -0.15) is 0 Å². The summed E-state index contributed by atoms with van der Waals surface area (Å²) in [5.74, 6) is -1.49. The second-order valence-corrected chi connectivity index (χ2v) is 5.37. The number of carbonyl (C=O) groups excluding carboxylic acids is 3. The van der Waals surface area contributed by atoms with E-state index < -0.39 is 36.2 Å². The fraction of sp³-hybridized carbons (Fsp3) is 0.750. The Labute approximate surface area is 125 Å². The molecule has 0 spiro atoms. The van der Waals surface area contributed by atoms with Crippen LogP contribution in [0.15, 0.2) is 0 Å². The van der Waals surface area contributed by atoms with Gasteiger partial charge in [-0.15, -0.1) is 0 Å². The maximum absolute atomic E-state index is 11.2. The number of ether oxygens (including phenoxy) is 4. The molecule has 1 aliphatic heterocycles. The topological polar surface area (TPSA) is 88.1 Å². The second-order valence-electron chi connectivity index (χ2n) is 4.34. The molecule has 1 aliphatic rings. The molecule has 7 nitrogen and oxygen atoms in total. The lowest BCUT2D eigenvalue weighted by Gasteiger charge is -2.38. The van der Waals surface area contributed by atoms with E-state index in [-0.39, 0.29) is 11.6 Å². The van der Waals surface area contributed by atoms with E-state index in [0.29, 0.717) is 6.42 Å². The van der Waals surface area contributed by atoms with E-state index in [0.717, 1.165) is 0 Å². The summed E-state index contributed by atoms with van der Waals surface area (Å²) < 4.78 is 20.7. The number of rotatable bonds is 4. The monoisotopic (exact) mass is 352 g/mol. The van der Waals surface area contributed by atoms with Gasteiger partial charge in [0, 0.05) is 27.2 Å². The highest BCUT2D eigenvalue weighted by Crippen LogP contribution is 2.28. The number of carbonyl (C=O) groups is 3. The number of halogens is 1. The molecule has 1 unspecified atom stereocenters. The van der Waals surface area contributed by atoms with Crippen LogP contribution in [0.2, 0.25) is 0 Å². The summed E-state index contributed by atoms with van der Waals surface area (Å²) in [6, 6.07) is 0. The van der Waals surface area contributed by atoms with Crippen LogP contribution in [0.3, 0.4) is 0 Å². The second kappa shape index (κ2) is 7.58. The van der Waals surface area contributed by atoms with Gasteiger partial charge in [0.2, 0.25) is 0 Å². The first-order valence-corrected chi connectivity index (χ1v) is 6.98. The Hall–Kier alpha value is -1.15. The maximum atomic E-state index is 11.2. The van der Waals surface area contributed by atoms with Crippen molar-refractivity contribution in [2.24, 2.45) is 0 Å². The van der Waals surface area contributed by atoms with Gasteiger partial charge in [0.25, 0.3) is 0 Å². The van der Waals surface area contributed by atoms with Crippen LogP contribution < -0.4 is 0 Å². The average Bonchev–Trinajstić information content (AvgIpc) is 2.28. The molecule has 0 amide bonds. The molecule has 1 rings (SSSR count). The molecule has 0 N–H and O–H groups in total. The Morgan fingerprint density at radius 3 is 2.20 bits per heavy atom. The molecule has 114 valence electrons. The number of hydrogen-bond acceptors (Lipinski definition) is 7. The van der Waals surface area contributed by atoms with Crippen molar-refractivity contribution in [2.45, 2.75) is 50.5 Å². The highest BCUT2D eigenvalue weighted by molar-refractivity contribution is 9.09. The summed E-state index contributed by atoms with van der Waals surface area (Å²) in [6.45, 7) is 3.69. The van der Waals surface area contributed by atoms with Gasteiger partial charge < -0.3 is 18.9 Å². The van der Waals surface area contributed by atoms with Crippen LogP contribution in [0.5, 0.6) is 0 Å². The highest BCUT2D eigenvalue weighted by Gasteiger charge is 2.42. The van der Waals surface area contributed by atoms with Crippen molar-refractivity contribution in [1.29, 1.82) is 0 Å². The predicted octanol–water partition coefficient (Wildman–Crippen LogP) is 0.923. The Morgan fingerprint density at radius 2 is 1.70 bits per heavy atom. The van der Waals surface area contributed by atoms with E-state index in [4.69, 9.17) is 18.9 Å². The first-order valence-electron chi connectivity index (χ1n) is 6.07. The van der Waals surface area contributed by atoms with Crippen molar-refractivity contribution in [1.82, 2.24) is 0 Å². The van der Waals surface area contributed by atoms with Gasteiger partial charge in [-0.1, -0.05) is 15.9 Å². The third kappa shape index (κ3) is 5.46. The van der Waals surface area contributed by atoms with Gasteiger partial charge in [-0.05, 0) is 0 Å². The number of hydrogen-bond donors (Lipinski definition) is 0. The van der Waals surface area contributed by atoms with Crippen LogP contribution in [0.1, 0.15) is 27.2 Å². The van der Waals surface area contributed by atoms with Crippen LogP contribution in [0.4, 0.5) is 0 Å². The molecule has 1 heterocycles. The minimum Gasteiger partial charge on any atom is -0.463 e. The van der Waals surface area contributed by atoms with Crippen LogP contribution in [-0.2, 0) is 33.3 Å². The van der Waals surface area contributed by atoms with Crippen LogP contribution >= 0.6 is 15.9 Å². The lowest BCUT2D eigenvalue weighted by Crippen LogP contribution is -2.52. The summed E-state index contributed by atoms with van der Waals surface area (Å²) in [5.41, 5.74) is 0. The third-order valence-electron chi connectivity index (χ3n) is 2.54. The van der Waals surface area contributed by atoms with E-state index in [1.54, 1.807) is 0 Å². The molecule has 0 bridgehead atoms. The lowest BCUT2D eigenvalue weighted by molar-refractivity contribution is -0.203. The smallest absolute Gasteiger partial charge is 0.303 e. The van der Waals surface area contributed by atoms with E-state index in [9.17, 15) is 14.4 Å². The van der Waals surface area contributed by atoms with Gasteiger partial charge in [0.05, 0.1) is 0 Å².